The topological polar surface area (TPSA) is 83.6 Å². The predicted molar refractivity (Wildman–Crippen MR) is 55.4 cm³/mol. The predicted octanol–water partition coefficient (Wildman–Crippen LogP) is 3.58. The average Bonchev–Trinajstić information content (AvgIpc) is 2.34. The number of hydrogen-bond acceptors (Lipinski definition) is 2. The van der Waals surface area contributed by atoms with E-state index in [0.717, 1.165) is 0 Å². The molecule has 0 aromatic carbocycles. The van der Waals surface area contributed by atoms with Gasteiger partial charge in [0.05, 0.1) is 0 Å². The number of halogens is 13. The third-order valence-corrected chi connectivity index (χ3v) is 3.94. The van der Waals surface area contributed by atoms with Crippen molar-refractivity contribution >= 4 is 7.60 Å². The van der Waals surface area contributed by atoms with Crippen LogP contribution in [0.1, 0.15) is 6.42 Å². The average molecular weight is 443 g/mol. The maximum atomic E-state index is 13.2. The van der Waals surface area contributed by atoms with Gasteiger partial charge < -0.3 is 15.5 Å². The quantitative estimate of drug-likeness (QED) is 0.415. The molecule has 0 spiro atoms. The van der Waals surface area contributed by atoms with Crippen molar-refractivity contribution in [3.8, 4) is 0 Å². The number of nitrogens with two attached hydrogens (primary N) is 1. The number of alkyl halides is 13. The second kappa shape index (κ2) is 6.38. The molecule has 0 saturated heterocycles. The minimum absolute atomic E-state index is 3.15. The summed E-state index contributed by atoms with van der Waals surface area (Å²) >= 11 is 0. The second-order valence-corrected chi connectivity index (χ2v) is 6.70. The number of hydrogen-bond donors (Lipinski definition) is 3. The van der Waals surface area contributed by atoms with Crippen LogP contribution in [0.3, 0.4) is 0 Å². The zero-order valence-electron chi connectivity index (χ0n) is 11.5. The van der Waals surface area contributed by atoms with E-state index in [4.69, 9.17) is 9.79 Å². The summed E-state index contributed by atoms with van der Waals surface area (Å²) in [6.07, 6.45) is -10.7. The molecular weight excluding hydrogens is 436 g/mol. The van der Waals surface area contributed by atoms with E-state index < -0.39 is 55.6 Å². The first-order valence-corrected chi connectivity index (χ1v) is 7.32. The van der Waals surface area contributed by atoms with Crippen molar-refractivity contribution in [1.82, 2.24) is 0 Å². The highest BCUT2D eigenvalue weighted by Gasteiger charge is 2.90. The van der Waals surface area contributed by atoms with Crippen LogP contribution in [0.4, 0.5) is 57.1 Å². The Morgan fingerprint density at radius 1 is 0.692 bits per heavy atom. The van der Waals surface area contributed by atoms with E-state index in [9.17, 15) is 61.6 Å². The summed E-state index contributed by atoms with van der Waals surface area (Å²) < 4.78 is 175. The molecule has 0 aliphatic heterocycles. The normalized spacial score (nSPS) is 17.4. The van der Waals surface area contributed by atoms with E-state index >= 15 is 0 Å². The van der Waals surface area contributed by atoms with Gasteiger partial charge in [0, 0.05) is 6.42 Å². The summed E-state index contributed by atoms with van der Waals surface area (Å²) in [7, 11) is -5.87. The van der Waals surface area contributed by atoms with Crippen LogP contribution < -0.4 is 5.73 Å². The van der Waals surface area contributed by atoms with Crippen LogP contribution in [0, 0.1) is 0 Å². The van der Waals surface area contributed by atoms with Crippen LogP contribution in [0.5, 0.6) is 0 Å². The molecule has 0 radical (unpaired) electrons. The molecule has 0 aromatic rings. The highest BCUT2D eigenvalue weighted by Crippen LogP contribution is 2.61. The monoisotopic (exact) mass is 443 g/mol. The summed E-state index contributed by atoms with van der Waals surface area (Å²) in [5.74, 6) is -41.5. The molecule has 0 heterocycles. The highest BCUT2D eigenvalue weighted by atomic mass is 31.2. The zero-order chi connectivity index (χ0) is 21.8. The third-order valence-electron chi connectivity index (χ3n) is 2.90. The molecule has 0 aliphatic rings. The van der Waals surface area contributed by atoms with Gasteiger partial charge in [0.2, 0.25) is 0 Å². The Labute approximate surface area is 134 Å². The summed E-state index contributed by atoms with van der Waals surface area (Å²) in [5, 5.41) is 0. The fourth-order valence-electron chi connectivity index (χ4n) is 1.31. The third kappa shape index (κ3) is 3.75. The van der Waals surface area contributed by atoms with E-state index in [0.29, 0.717) is 0 Å². The van der Waals surface area contributed by atoms with Gasteiger partial charge in [-0.05, 0) is 0 Å². The molecule has 1 atom stereocenters. The molecular formula is C8H7F13NO3P. The Morgan fingerprint density at radius 3 is 1.27 bits per heavy atom. The van der Waals surface area contributed by atoms with Gasteiger partial charge in [0.25, 0.3) is 0 Å². The Balaban J connectivity index is 6.21. The molecule has 4 N–H and O–H groups in total. The molecule has 26 heavy (non-hydrogen) atoms. The molecule has 0 aliphatic carbocycles. The first kappa shape index (κ1) is 25.2. The molecule has 4 nitrogen and oxygen atoms in total. The van der Waals surface area contributed by atoms with E-state index in [1.807, 2.05) is 0 Å². The lowest BCUT2D eigenvalue weighted by molar-refractivity contribution is -0.440. The van der Waals surface area contributed by atoms with Crippen LogP contribution in [0.2, 0.25) is 0 Å². The van der Waals surface area contributed by atoms with Crippen LogP contribution in [-0.2, 0) is 4.57 Å². The maximum Gasteiger partial charge on any atom is 0.460 e. The van der Waals surface area contributed by atoms with E-state index in [-0.39, 0.29) is 0 Å². The van der Waals surface area contributed by atoms with E-state index in [1.54, 1.807) is 0 Å². The van der Waals surface area contributed by atoms with Crippen molar-refractivity contribution < 1.29 is 71.4 Å². The first-order chi connectivity index (χ1) is 10.9. The van der Waals surface area contributed by atoms with Gasteiger partial charge in [0.15, 0.2) is 0 Å². The molecule has 0 aromatic heterocycles. The molecule has 0 fully saturated rings. The van der Waals surface area contributed by atoms with Crippen molar-refractivity contribution in [2.75, 3.05) is 0 Å². The fourth-order valence-corrected chi connectivity index (χ4v) is 1.78. The van der Waals surface area contributed by atoms with Crippen LogP contribution in [-0.4, -0.2) is 51.4 Å². The SMILES string of the molecule is NC(CC(F)(F)C(F)(F)C(F)(F)C(F)(F)C(F)(F)C(F)(F)F)P(=O)(O)O. The lowest BCUT2D eigenvalue weighted by atomic mass is 9.92. The van der Waals surface area contributed by atoms with Crippen molar-refractivity contribution in [1.29, 1.82) is 0 Å². The molecule has 18 heteroatoms. The number of rotatable bonds is 7. The van der Waals surface area contributed by atoms with E-state index in [1.165, 1.54) is 0 Å². The van der Waals surface area contributed by atoms with Crippen molar-refractivity contribution in [3.05, 3.63) is 0 Å². The Morgan fingerprint density at radius 2 is 1.00 bits per heavy atom. The van der Waals surface area contributed by atoms with E-state index in [2.05, 4.69) is 5.73 Å². The van der Waals surface area contributed by atoms with Crippen molar-refractivity contribution in [3.63, 3.8) is 0 Å². The Bertz CT molecular complexity index is 568. The smallest absolute Gasteiger partial charge is 0.323 e. The van der Waals surface area contributed by atoms with Gasteiger partial charge in [-0.3, -0.25) is 4.57 Å². The molecule has 158 valence electrons. The molecule has 0 rings (SSSR count). The Kier molecular flexibility index (Phi) is 6.18. The van der Waals surface area contributed by atoms with Gasteiger partial charge >= 0.3 is 43.4 Å². The van der Waals surface area contributed by atoms with Gasteiger partial charge in [0.1, 0.15) is 5.78 Å². The van der Waals surface area contributed by atoms with Gasteiger partial charge in [-0.25, -0.2) is 0 Å². The summed E-state index contributed by atoms with van der Waals surface area (Å²) in [4.78, 5) is 16.6. The molecule has 0 amide bonds. The standard InChI is InChI=1S/C8H7F13NO3P/c9-3(10,1-2(22)26(23,24)25)4(11,12)5(13,14)6(15,16)7(17,18)8(19,20)21/h2H,1,22H2,(H2,23,24,25). The van der Waals surface area contributed by atoms with Gasteiger partial charge in [-0.2, -0.15) is 57.1 Å². The summed E-state index contributed by atoms with van der Waals surface area (Å²) in [5.41, 5.74) is 4.30. The van der Waals surface area contributed by atoms with Gasteiger partial charge in [-0.15, -0.1) is 0 Å². The fraction of sp³-hybridized carbons (Fsp3) is 1.00. The van der Waals surface area contributed by atoms with Crippen LogP contribution >= 0.6 is 7.60 Å². The summed E-state index contributed by atoms with van der Waals surface area (Å²) in [6, 6.07) is 0. The minimum Gasteiger partial charge on any atom is -0.323 e. The molecule has 1 unspecified atom stereocenters. The minimum atomic E-state index is -8.07. The van der Waals surface area contributed by atoms with Gasteiger partial charge in [-0.1, -0.05) is 0 Å². The summed E-state index contributed by atoms with van der Waals surface area (Å²) in [6.45, 7) is 0. The lowest BCUT2D eigenvalue weighted by Crippen LogP contribution is -2.70. The van der Waals surface area contributed by atoms with Crippen molar-refractivity contribution in [2.24, 2.45) is 5.73 Å². The largest absolute Gasteiger partial charge is 0.460 e. The maximum absolute atomic E-state index is 13.2. The lowest BCUT2D eigenvalue weighted by Gasteiger charge is -2.40. The molecule has 0 saturated carbocycles. The van der Waals surface area contributed by atoms with Crippen LogP contribution in [0.15, 0.2) is 0 Å². The molecule has 0 bridgehead atoms. The van der Waals surface area contributed by atoms with Crippen LogP contribution in [0.25, 0.3) is 0 Å². The first-order valence-electron chi connectivity index (χ1n) is 5.64. The Hall–Kier alpha value is -0.800. The van der Waals surface area contributed by atoms with Crippen molar-refractivity contribution in [2.45, 2.75) is 48.0 Å². The second-order valence-electron chi connectivity index (χ2n) is 4.86. The zero-order valence-corrected chi connectivity index (χ0v) is 12.4. The highest BCUT2D eigenvalue weighted by molar-refractivity contribution is 7.52.